The van der Waals surface area contributed by atoms with Gasteiger partial charge < -0.3 is 0 Å². The van der Waals surface area contributed by atoms with Crippen LogP contribution in [0.2, 0.25) is 0 Å². The van der Waals surface area contributed by atoms with Gasteiger partial charge in [-0.1, -0.05) is 44.5 Å². The molecular weight excluding hydrogens is 340 g/mol. The lowest BCUT2D eigenvalue weighted by molar-refractivity contribution is 0.795. The number of benzene rings is 2. The van der Waals surface area contributed by atoms with Crippen LogP contribution in [0.25, 0.3) is 22.1 Å². The summed E-state index contributed by atoms with van der Waals surface area (Å²) in [6.45, 7) is 4.25. The molecule has 0 aliphatic rings. The molecule has 6 heteroatoms. The van der Waals surface area contributed by atoms with E-state index >= 15 is 0 Å². The molecule has 0 N–H and O–H groups in total. The van der Waals surface area contributed by atoms with E-state index < -0.39 is 0 Å². The standard InChI is InChI=1S/2C9H10N2O.C3H8/c2*1-10-7-5-3-4-6-8(7)11(2)9(10)12;1-3-2/h2*3-6H,1-2H3;3H2,1-2H3. The molecule has 4 rings (SSSR count). The topological polar surface area (TPSA) is 53.9 Å². The van der Waals surface area contributed by atoms with Crippen LogP contribution in [0.15, 0.2) is 58.1 Å². The van der Waals surface area contributed by atoms with Crippen molar-refractivity contribution in [2.75, 3.05) is 0 Å². The minimum atomic E-state index is 0.0243. The van der Waals surface area contributed by atoms with Crippen molar-refractivity contribution in [3.05, 3.63) is 69.5 Å². The zero-order chi connectivity index (χ0) is 20.1. The van der Waals surface area contributed by atoms with Crippen molar-refractivity contribution >= 4 is 22.1 Å². The van der Waals surface area contributed by atoms with Crippen molar-refractivity contribution in [1.82, 2.24) is 18.3 Å². The summed E-state index contributed by atoms with van der Waals surface area (Å²) in [5.41, 5.74) is 3.96. The lowest BCUT2D eigenvalue weighted by atomic mass is 10.3. The van der Waals surface area contributed by atoms with E-state index in [1.807, 2.05) is 48.5 Å². The molecule has 2 heterocycles. The highest BCUT2D eigenvalue weighted by molar-refractivity contribution is 5.76. The number of hydrogen-bond acceptors (Lipinski definition) is 2. The molecule has 0 aliphatic heterocycles. The molecule has 4 aromatic rings. The van der Waals surface area contributed by atoms with Gasteiger partial charge in [0.1, 0.15) is 0 Å². The maximum Gasteiger partial charge on any atom is 0.328 e. The Balaban J connectivity index is 0.000000170. The molecule has 6 nitrogen and oxygen atoms in total. The van der Waals surface area contributed by atoms with Gasteiger partial charge in [-0.15, -0.1) is 0 Å². The average molecular weight is 368 g/mol. The molecule has 27 heavy (non-hydrogen) atoms. The molecule has 0 saturated carbocycles. The SMILES string of the molecule is CCC.Cn1c(=O)n(C)c2ccccc21.Cn1c(=O)n(C)c2ccccc21. The van der Waals surface area contributed by atoms with Crippen molar-refractivity contribution in [2.24, 2.45) is 28.2 Å². The van der Waals surface area contributed by atoms with E-state index in [2.05, 4.69) is 13.8 Å². The number of para-hydroxylation sites is 4. The minimum Gasteiger partial charge on any atom is -0.295 e. The van der Waals surface area contributed by atoms with Crippen molar-refractivity contribution in [1.29, 1.82) is 0 Å². The Morgan fingerprint density at radius 1 is 0.556 bits per heavy atom. The summed E-state index contributed by atoms with van der Waals surface area (Å²) in [5.74, 6) is 0. The highest BCUT2D eigenvalue weighted by Crippen LogP contribution is 2.09. The molecule has 0 saturated heterocycles. The summed E-state index contributed by atoms with van der Waals surface area (Å²) < 4.78 is 6.59. The molecule has 0 bridgehead atoms. The predicted octanol–water partition coefficient (Wildman–Crippen LogP) is 3.17. The van der Waals surface area contributed by atoms with E-state index in [9.17, 15) is 9.59 Å². The Kier molecular flexibility index (Phi) is 6.45. The molecule has 0 aliphatic carbocycles. The predicted molar refractivity (Wildman–Crippen MR) is 112 cm³/mol. The molecule has 0 radical (unpaired) electrons. The Morgan fingerprint density at radius 3 is 0.926 bits per heavy atom. The number of nitrogens with zero attached hydrogens (tertiary/aromatic N) is 4. The van der Waals surface area contributed by atoms with Gasteiger partial charge in [0.25, 0.3) is 0 Å². The second-order valence-corrected chi connectivity index (χ2v) is 6.49. The van der Waals surface area contributed by atoms with Crippen molar-refractivity contribution in [3.8, 4) is 0 Å². The number of aromatic nitrogens is 4. The van der Waals surface area contributed by atoms with Gasteiger partial charge in [0.05, 0.1) is 22.1 Å². The van der Waals surface area contributed by atoms with Gasteiger partial charge in [0.2, 0.25) is 0 Å². The number of imidazole rings is 2. The maximum atomic E-state index is 11.4. The summed E-state index contributed by atoms with van der Waals surface area (Å²) in [6.07, 6.45) is 1.25. The number of aryl methyl sites for hydroxylation is 4. The van der Waals surface area contributed by atoms with Gasteiger partial charge in [-0.2, -0.15) is 0 Å². The van der Waals surface area contributed by atoms with E-state index in [4.69, 9.17) is 0 Å². The van der Waals surface area contributed by atoms with Crippen molar-refractivity contribution in [3.63, 3.8) is 0 Å². The van der Waals surface area contributed by atoms with Gasteiger partial charge in [-0.3, -0.25) is 18.3 Å². The van der Waals surface area contributed by atoms with Crippen molar-refractivity contribution < 1.29 is 0 Å². The number of rotatable bonds is 0. The van der Waals surface area contributed by atoms with E-state index in [0.717, 1.165) is 22.1 Å². The quantitative estimate of drug-likeness (QED) is 0.479. The summed E-state index contributed by atoms with van der Waals surface area (Å²) in [6, 6.07) is 15.5. The summed E-state index contributed by atoms with van der Waals surface area (Å²) in [7, 11) is 7.13. The first-order valence-electron chi connectivity index (χ1n) is 9.05. The minimum absolute atomic E-state index is 0.0243. The van der Waals surface area contributed by atoms with Crippen LogP contribution in [0.4, 0.5) is 0 Å². The van der Waals surface area contributed by atoms with Gasteiger partial charge in [-0.05, 0) is 24.3 Å². The van der Waals surface area contributed by atoms with Crippen LogP contribution < -0.4 is 11.4 Å². The van der Waals surface area contributed by atoms with Crippen LogP contribution in [0.1, 0.15) is 20.3 Å². The smallest absolute Gasteiger partial charge is 0.295 e. The highest BCUT2D eigenvalue weighted by Gasteiger charge is 2.05. The molecule has 0 unspecified atom stereocenters. The number of hydrogen-bond donors (Lipinski definition) is 0. The highest BCUT2D eigenvalue weighted by atomic mass is 16.2. The third kappa shape index (κ3) is 3.89. The van der Waals surface area contributed by atoms with Gasteiger partial charge in [-0.25, -0.2) is 9.59 Å². The lowest BCUT2D eigenvalue weighted by Gasteiger charge is -1.90. The molecule has 2 aromatic heterocycles. The summed E-state index contributed by atoms with van der Waals surface area (Å²) >= 11 is 0. The fourth-order valence-electron chi connectivity index (χ4n) is 2.93. The first-order valence-corrected chi connectivity index (χ1v) is 9.05. The lowest BCUT2D eigenvalue weighted by Crippen LogP contribution is -2.19. The molecule has 0 spiro atoms. The van der Waals surface area contributed by atoms with Gasteiger partial charge >= 0.3 is 11.4 Å². The first-order chi connectivity index (χ1) is 12.8. The maximum absolute atomic E-state index is 11.4. The van der Waals surface area contributed by atoms with Crippen LogP contribution in [-0.2, 0) is 28.2 Å². The first kappa shape index (κ1) is 20.3. The molecule has 0 fully saturated rings. The van der Waals surface area contributed by atoms with Crippen LogP contribution in [0.3, 0.4) is 0 Å². The second-order valence-electron chi connectivity index (χ2n) is 6.49. The average Bonchev–Trinajstić information content (AvgIpc) is 3.04. The number of fused-ring (bicyclic) bond motifs is 2. The Bertz CT molecular complexity index is 983. The van der Waals surface area contributed by atoms with Crippen LogP contribution in [0, 0.1) is 0 Å². The third-order valence-corrected chi connectivity index (χ3v) is 4.36. The van der Waals surface area contributed by atoms with E-state index in [0.29, 0.717) is 0 Å². The zero-order valence-corrected chi connectivity index (χ0v) is 16.9. The molecule has 0 amide bonds. The van der Waals surface area contributed by atoms with Gasteiger partial charge in [0, 0.05) is 28.2 Å². The fourth-order valence-corrected chi connectivity index (χ4v) is 2.93. The molecular formula is C21H28N4O2. The largest absolute Gasteiger partial charge is 0.328 e. The monoisotopic (exact) mass is 368 g/mol. The summed E-state index contributed by atoms with van der Waals surface area (Å²) in [5, 5.41) is 0. The normalized spacial score (nSPS) is 10.3. The second kappa shape index (κ2) is 8.58. The molecule has 0 atom stereocenters. The third-order valence-electron chi connectivity index (χ3n) is 4.36. The Morgan fingerprint density at radius 2 is 0.741 bits per heavy atom. The van der Waals surface area contributed by atoms with Crippen LogP contribution >= 0.6 is 0 Å². The van der Waals surface area contributed by atoms with Gasteiger partial charge in [0.15, 0.2) is 0 Å². The molecule has 144 valence electrons. The van der Waals surface area contributed by atoms with Crippen LogP contribution in [-0.4, -0.2) is 18.3 Å². The van der Waals surface area contributed by atoms with Crippen molar-refractivity contribution in [2.45, 2.75) is 20.3 Å². The zero-order valence-electron chi connectivity index (χ0n) is 16.9. The Labute approximate surface area is 158 Å². The molecule has 2 aromatic carbocycles. The van der Waals surface area contributed by atoms with E-state index in [-0.39, 0.29) is 11.4 Å². The Hall–Kier alpha value is -3.02. The van der Waals surface area contributed by atoms with E-state index in [1.165, 1.54) is 6.42 Å². The fraction of sp³-hybridized carbons (Fsp3) is 0.333. The van der Waals surface area contributed by atoms with Crippen LogP contribution in [0.5, 0.6) is 0 Å². The van der Waals surface area contributed by atoms with E-state index in [1.54, 1.807) is 46.5 Å². The summed E-state index contributed by atoms with van der Waals surface area (Å²) in [4.78, 5) is 22.8.